The van der Waals surface area contributed by atoms with Gasteiger partial charge in [0.2, 0.25) is 0 Å². The van der Waals surface area contributed by atoms with E-state index in [0.29, 0.717) is 5.69 Å². The highest BCUT2D eigenvalue weighted by atomic mass is 19.4. The Morgan fingerprint density at radius 2 is 2.22 bits per heavy atom. The SMILES string of the molecule is NCc1cc(C(=O)NCC(O)C(F)(F)F)ccn1. The van der Waals surface area contributed by atoms with Crippen LogP contribution in [0, 0.1) is 0 Å². The first-order valence-electron chi connectivity index (χ1n) is 5.02. The predicted octanol–water partition coefficient (Wildman–Crippen LogP) is 0.193. The number of alkyl halides is 3. The highest BCUT2D eigenvalue weighted by molar-refractivity contribution is 5.94. The van der Waals surface area contributed by atoms with Crippen molar-refractivity contribution in [1.82, 2.24) is 10.3 Å². The predicted molar refractivity (Wildman–Crippen MR) is 56.5 cm³/mol. The molecule has 18 heavy (non-hydrogen) atoms. The Morgan fingerprint density at radius 3 is 2.78 bits per heavy atom. The second kappa shape index (κ2) is 5.78. The number of aliphatic hydroxyl groups excluding tert-OH is 1. The Labute approximate surface area is 101 Å². The number of carbonyl (C=O) groups is 1. The van der Waals surface area contributed by atoms with Gasteiger partial charge in [0.05, 0.1) is 12.2 Å². The lowest BCUT2D eigenvalue weighted by Gasteiger charge is -2.15. The Morgan fingerprint density at radius 1 is 1.56 bits per heavy atom. The average Bonchev–Trinajstić information content (AvgIpc) is 2.34. The standard InChI is InChI=1S/C10H12F3N3O2/c11-10(12,13)8(17)5-16-9(18)6-1-2-15-7(3-6)4-14/h1-3,8,17H,4-5,14H2,(H,16,18). The summed E-state index contributed by atoms with van der Waals surface area (Å²) >= 11 is 0. The van der Waals surface area contributed by atoms with Crippen molar-refractivity contribution in [3.8, 4) is 0 Å². The van der Waals surface area contributed by atoms with Gasteiger partial charge in [0.25, 0.3) is 5.91 Å². The molecule has 0 bridgehead atoms. The van der Waals surface area contributed by atoms with Gasteiger partial charge in [0.1, 0.15) is 0 Å². The Bertz CT molecular complexity index is 423. The molecule has 8 heteroatoms. The minimum atomic E-state index is -4.76. The normalized spacial score (nSPS) is 13.2. The minimum absolute atomic E-state index is 0.117. The van der Waals surface area contributed by atoms with Crippen molar-refractivity contribution in [2.24, 2.45) is 5.73 Å². The molecule has 5 nitrogen and oxygen atoms in total. The van der Waals surface area contributed by atoms with Crippen LogP contribution in [0.1, 0.15) is 16.1 Å². The summed E-state index contributed by atoms with van der Waals surface area (Å²) in [5.41, 5.74) is 5.90. The molecule has 1 rings (SSSR count). The molecule has 0 aliphatic carbocycles. The number of nitrogens with one attached hydrogen (secondary N) is 1. The molecule has 0 radical (unpaired) electrons. The first-order chi connectivity index (χ1) is 8.34. The molecule has 4 N–H and O–H groups in total. The molecule has 0 spiro atoms. The smallest absolute Gasteiger partial charge is 0.382 e. The molecule has 0 aliphatic heterocycles. The second-order valence-electron chi connectivity index (χ2n) is 3.51. The zero-order chi connectivity index (χ0) is 13.8. The summed E-state index contributed by atoms with van der Waals surface area (Å²) in [5, 5.41) is 10.7. The van der Waals surface area contributed by atoms with E-state index in [0.717, 1.165) is 0 Å². The van der Waals surface area contributed by atoms with E-state index in [2.05, 4.69) is 4.98 Å². The summed E-state index contributed by atoms with van der Waals surface area (Å²) in [6, 6.07) is 2.71. The van der Waals surface area contributed by atoms with E-state index >= 15 is 0 Å². The third-order valence-electron chi connectivity index (χ3n) is 2.12. The van der Waals surface area contributed by atoms with E-state index in [1.165, 1.54) is 18.3 Å². The molecule has 0 saturated carbocycles. The van der Waals surface area contributed by atoms with E-state index in [1.807, 2.05) is 5.32 Å². The fraction of sp³-hybridized carbons (Fsp3) is 0.400. The summed E-state index contributed by atoms with van der Waals surface area (Å²) in [4.78, 5) is 15.3. The molecule has 1 aromatic rings. The number of halogens is 3. The van der Waals surface area contributed by atoms with Gasteiger partial charge in [-0.15, -0.1) is 0 Å². The average molecular weight is 263 g/mol. The van der Waals surface area contributed by atoms with Crippen LogP contribution in [0.25, 0.3) is 0 Å². The van der Waals surface area contributed by atoms with E-state index in [9.17, 15) is 18.0 Å². The van der Waals surface area contributed by atoms with Gasteiger partial charge < -0.3 is 16.2 Å². The topological polar surface area (TPSA) is 88.2 Å². The number of amides is 1. The maximum atomic E-state index is 12.0. The van der Waals surface area contributed by atoms with Crippen LogP contribution in [0.15, 0.2) is 18.3 Å². The highest BCUT2D eigenvalue weighted by Crippen LogP contribution is 2.19. The van der Waals surface area contributed by atoms with E-state index in [-0.39, 0.29) is 12.1 Å². The van der Waals surface area contributed by atoms with Crippen LogP contribution in [0.3, 0.4) is 0 Å². The largest absolute Gasteiger partial charge is 0.416 e. The van der Waals surface area contributed by atoms with Crippen LogP contribution in [-0.4, -0.2) is 34.8 Å². The molecular formula is C10H12F3N3O2. The fourth-order valence-corrected chi connectivity index (χ4v) is 1.14. The van der Waals surface area contributed by atoms with Gasteiger partial charge in [-0.25, -0.2) is 0 Å². The van der Waals surface area contributed by atoms with Crippen LogP contribution in [0.5, 0.6) is 0 Å². The monoisotopic (exact) mass is 263 g/mol. The van der Waals surface area contributed by atoms with Crippen molar-refractivity contribution in [3.05, 3.63) is 29.6 Å². The van der Waals surface area contributed by atoms with Crippen molar-refractivity contribution < 1.29 is 23.1 Å². The first kappa shape index (κ1) is 14.4. The Balaban J connectivity index is 2.60. The van der Waals surface area contributed by atoms with Gasteiger partial charge in [0.15, 0.2) is 6.10 Å². The van der Waals surface area contributed by atoms with Gasteiger partial charge in [0, 0.05) is 18.3 Å². The van der Waals surface area contributed by atoms with Crippen molar-refractivity contribution in [2.45, 2.75) is 18.8 Å². The van der Waals surface area contributed by atoms with Crippen molar-refractivity contribution in [3.63, 3.8) is 0 Å². The van der Waals surface area contributed by atoms with Gasteiger partial charge in [-0.1, -0.05) is 0 Å². The van der Waals surface area contributed by atoms with Gasteiger partial charge >= 0.3 is 6.18 Å². The minimum Gasteiger partial charge on any atom is -0.382 e. The summed E-state index contributed by atoms with van der Waals surface area (Å²) in [6.45, 7) is -0.783. The van der Waals surface area contributed by atoms with E-state index < -0.39 is 24.7 Å². The van der Waals surface area contributed by atoms with Crippen LogP contribution < -0.4 is 11.1 Å². The molecule has 100 valence electrons. The van der Waals surface area contributed by atoms with Gasteiger partial charge in [-0.05, 0) is 12.1 Å². The second-order valence-corrected chi connectivity index (χ2v) is 3.51. The molecule has 1 heterocycles. The molecule has 1 atom stereocenters. The fourth-order valence-electron chi connectivity index (χ4n) is 1.14. The lowest BCUT2D eigenvalue weighted by molar-refractivity contribution is -0.201. The molecule has 0 fully saturated rings. The van der Waals surface area contributed by atoms with Gasteiger partial charge in [-0.2, -0.15) is 13.2 Å². The van der Waals surface area contributed by atoms with Crippen LogP contribution in [0.2, 0.25) is 0 Å². The summed E-state index contributed by atoms with van der Waals surface area (Å²) in [7, 11) is 0. The van der Waals surface area contributed by atoms with Gasteiger partial charge in [-0.3, -0.25) is 9.78 Å². The first-order valence-corrected chi connectivity index (χ1v) is 5.02. The number of carbonyl (C=O) groups excluding carboxylic acids is 1. The zero-order valence-corrected chi connectivity index (χ0v) is 9.24. The van der Waals surface area contributed by atoms with Crippen molar-refractivity contribution in [1.29, 1.82) is 0 Å². The maximum Gasteiger partial charge on any atom is 0.416 e. The van der Waals surface area contributed by atoms with Crippen LogP contribution in [0.4, 0.5) is 13.2 Å². The quantitative estimate of drug-likeness (QED) is 0.723. The number of nitrogens with two attached hydrogens (primary N) is 1. The van der Waals surface area contributed by atoms with Crippen molar-refractivity contribution >= 4 is 5.91 Å². The number of pyridine rings is 1. The van der Waals surface area contributed by atoms with Crippen LogP contribution in [-0.2, 0) is 6.54 Å². The number of aliphatic hydroxyl groups is 1. The summed E-state index contributed by atoms with van der Waals surface area (Å²) in [6.07, 6.45) is -6.01. The van der Waals surface area contributed by atoms with E-state index in [1.54, 1.807) is 0 Å². The molecule has 1 unspecified atom stereocenters. The third-order valence-corrected chi connectivity index (χ3v) is 2.12. The number of hydrogen-bond acceptors (Lipinski definition) is 4. The number of hydrogen-bond donors (Lipinski definition) is 3. The zero-order valence-electron chi connectivity index (χ0n) is 9.24. The summed E-state index contributed by atoms with van der Waals surface area (Å²) < 4.78 is 36.0. The molecule has 0 aromatic carbocycles. The number of rotatable bonds is 4. The molecule has 0 aliphatic rings. The summed E-state index contributed by atoms with van der Waals surface area (Å²) in [5.74, 6) is -0.726. The maximum absolute atomic E-state index is 12.0. The third kappa shape index (κ3) is 3.97. The molecule has 1 aromatic heterocycles. The molecule has 1 amide bonds. The number of nitrogens with zero attached hydrogens (tertiary/aromatic N) is 1. The molecular weight excluding hydrogens is 251 g/mol. The highest BCUT2D eigenvalue weighted by Gasteiger charge is 2.38. The Kier molecular flexibility index (Phi) is 4.62. The van der Waals surface area contributed by atoms with Crippen molar-refractivity contribution in [2.75, 3.05) is 6.54 Å². The Hall–Kier alpha value is -1.67. The lowest BCUT2D eigenvalue weighted by atomic mass is 10.2. The number of aromatic nitrogens is 1. The van der Waals surface area contributed by atoms with Crippen LogP contribution >= 0.6 is 0 Å². The molecule has 0 saturated heterocycles. The lowest BCUT2D eigenvalue weighted by Crippen LogP contribution is -2.40. The van der Waals surface area contributed by atoms with E-state index in [4.69, 9.17) is 10.8 Å².